The van der Waals surface area contributed by atoms with Gasteiger partial charge in [0.05, 0.1) is 16.6 Å². The highest BCUT2D eigenvalue weighted by atomic mass is 16.6. The summed E-state index contributed by atoms with van der Waals surface area (Å²) in [6, 6.07) is 12.6. The van der Waals surface area contributed by atoms with Crippen molar-refractivity contribution >= 4 is 11.8 Å². The van der Waals surface area contributed by atoms with Crippen LogP contribution in [0, 0.1) is 16.0 Å². The first-order valence-corrected chi connectivity index (χ1v) is 6.66. The molecule has 0 bridgehead atoms. The molecule has 0 amide bonds. The molecule has 0 saturated heterocycles. The van der Waals surface area contributed by atoms with Crippen LogP contribution in [0.3, 0.4) is 0 Å². The zero-order valence-corrected chi connectivity index (χ0v) is 11.2. The maximum atomic E-state index is 11.2. The average Bonchev–Trinajstić information content (AvgIpc) is 3.00. The monoisotopic (exact) mass is 269 g/mol. The minimum Gasteiger partial charge on any atom is -0.461 e. The Morgan fingerprint density at radius 1 is 1.30 bits per heavy atom. The van der Waals surface area contributed by atoms with Gasteiger partial charge in [-0.2, -0.15) is 0 Å². The van der Waals surface area contributed by atoms with E-state index >= 15 is 0 Å². The highest BCUT2D eigenvalue weighted by Gasteiger charge is 2.36. The molecule has 20 heavy (non-hydrogen) atoms. The number of hydrogen-bond donors (Lipinski definition) is 0. The quantitative estimate of drug-likeness (QED) is 0.618. The molecule has 0 N–H and O–H groups in total. The number of nitro groups is 1. The number of nitrogens with zero attached hydrogens (tertiary/aromatic N) is 1. The van der Waals surface area contributed by atoms with Crippen molar-refractivity contribution in [2.24, 2.45) is 5.92 Å². The number of furan rings is 1. The Hall–Kier alpha value is -2.36. The normalized spacial score (nSPS) is 21.8. The summed E-state index contributed by atoms with van der Waals surface area (Å²) in [6.45, 7) is 2.18. The Bertz CT molecular complexity index is 657. The lowest BCUT2D eigenvalue weighted by Gasteiger charge is -1.97. The van der Waals surface area contributed by atoms with Gasteiger partial charge in [-0.1, -0.05) is 25.1 Å². The SMILES string of the molecule is CC1CC1c1ccc(C=C(c2ccccc2)[N+](=O)[O-])o1. The van der Waals surface area contributed by atoms with E-state index in [0.717, 1.165) is 12.2 Å². The summed E-state index contributed by atoms with van der Waals surface area (Å²) in [4.78, 5) is 10.8. The maximum Gasteiger partial charge on any atom is 0.280 e. The maximum absolute atomic E-state index is 11.2. The van der Waals surface area contributed by atoms with Gasteiger partial charge in [-0.15, -0.1) is 0 Å². The fourth-order valence-electron chi connectivity index (χ4n) is 2.35. The van der Waals surface area contributed by atoms with E-state index in [2.05, 4.69) is 6.92 Å². The van der Waals surface area contributed by atoms with Gasteiger partial charge < -0.3 is 4.42 Å². The summed E-state index contributed by atoms with van der Waals surface area (Å²) in [5.74, 6) is 2.60. The Morgan fingerprint density at radius 3 is 2.60 bits per heavy atom. The summed E-state index contributed by atoms with van der Waals surface area (Å²) < 4.78 is 5.70. The van der Waals surface area contributed by atoms with Crippen LogP contribution in [-0.4, -0.2) is 4.92 Å². The molecule has 0 aliphatic heterocycles. The molecule has 0 radical (unpaired) electrons. The van der Waals surface area contributed by atoms with Gasteiger partial charge in [0.25, 0.3) is 5.70 Å². The van der Waals surface area contributed by atoms with Crippen molar-refractivity contribution in [2.45, 2.75) is 19.3 Å². The van der Waals surface area contributed by atoms with Crippen LogP contribution in [0.5, 0.6) is 0 Å². The van der Waals surface area contributed by atoms with Gasteiger partial charge >= 0.3 is 0 Å². The molecule has 4 heteroatoms. The van der Waals surface area contributed by atoms with E-state index in [0.29, 0.717) is 23.2 Å². The first kappa shape index (κ1) is 12.7. The molecule has 1 saturated carbocycles. The van der Waals surface area contributed by atoms with Crippen molar-refractivity contribution in [3.63, 3.8) is 0 Å². The van der Waals surface area contributed by atoms with Crippen LogP contribution >= 0.6 is 0 Å². The lowest BCUT2D eigenvalue weighted by molar-refractivity contribution is -0.374. The second-order valence-corrected chi connectivity index (χ2v) is 5.21. The first-order valence-electron chi connectivity index (χ1n) is 6.66. The summed E-state index contributed by atoms with van der Waals surface area (Å²) in [5.41, 5.74) is 0.630. The van der Waals surface area contributed by atoms with E-state index < -0.39 is 0 Å². The average molecular weight is 269 g/mol. The highest BCUT2D eigenvalue weighted by Crippen LogP contribution is 2.47. The van der Waals surface area contributed by atoms with Crippen molar-refractivity contribution in [3.05, 3.63) is 69.7 Å². The molecule has 1 aliphatic carbocycles. The van der Waals surface area contributed by atoms with Crippen LogP contribution in [0.4, 0.5) is 0 Å². The van der Waals surface area contributed by atoms with Gasteiger partial charge in [-0.3, -0.25) is 10.1 Å². The molecule has 1 aliphatic rings. The standard InChI is InChI=1S/C16H15NO3/c1-11-9-14(11)16-8-7-13(20-16)10-15(17(18)19)12-5-3-2-4-6-12/h2-8,10-11,14H,9H2,1H3. The fraction of sp³-hybridized carbons (Fsp3) is 0.250. The molecule has 1 fully saturated rings. The van der Waals surface area contributed by atoms with Gasteiger partial charge in [0, 0.05) is 5.92 Å². The third-order valence-electron chi connectivity index (χ3n) is 3.67. The molecule has 1 heterocycles. The van der Waals surface area contributed by atoms with E-state index in [4.69, 9.17) is 4.42 Å². The van der Waals surface area contributed by atoms with Crippen LogP contribution < -0.4 is 0 Å². The fourth-order valence-corrected chi connectivity index (χ4v) is 2.35. The third kappa shape index (κ3) is 2.50. The second kappa shape index (κ2) is 4.96. The Morgan fingerprint density at radius 2 is 2.00 bits per heavy atom. The minimum absolute atomic E-state index is 0.0512. The first-order chi connectivity index (χ1) is 9.65. The predicted molar refractivity (Wildman–Crippen MR) is 76.5 cm³/mol. The Kier molecular flexibility index (Phi) is 3.14. The molecule has 1 aromatic heterocycles. The lowest BCUT2D eigenvalue weighted by Crippen LogP contribution is -1.97. The van der Waals surface area contributed by atoms with Crippen molar-refractivity contribution in [1.29, 1.82) is 0 Å². The predicted octanol–water partition coefficient (Wildman–Crippen LogP) is 4.18. The van der Waals surface area contributed by atoms with Crippen LogP contribution in [0.15, 0.2) is 46.9 Å². The molecule has 2 aromatic rings. The minimum atomic E-state index is -0.378. The van der Waals surface area contributed by atoms with Crippen LogP contribution in [-0.2, 0) is 0 Å². The van der Waals surface area contributed by atoms with E-state index in [1.807, 2.05) is 12.1 Å². The van der Waals surface area contributed by atoms with Crippen LogP contribution in [0.2, 0.25) is 0 Å². The lowest BCUT2D eigenvalue weighted by atomic mass is 10.1. The molecule has 3 rings (SSSR count). The molecule has 0 spiro atoms. The summed E-state index contributed by atoms with van der Waals surface area (Å²) in [6.07, 6.45) is 2.63. The van der Waals surface area contributed by atoms with E-state index in [-0.39, 0.29) is 10.6 Å². The van der Waals surface area contributed by atoms with Gasteiger partial charge in [0.2, 0.25) is 0 Å². The molecule has 102 valence electrons. The van der Waals surface area contributed by atoms with E-state index in [1.54, 1.807) is 30.3 Å². The van der Waals surface area contributed by atoms with E-state index in [1.165, 1.54) is 6.08 Å². The topological polar surface area (TPSA) is 56.3 Å². The summed E-state index contributed by atoms with van der Waals surface area (Å²) >= 11 is 0. The number of hydrogen-bond acceptors (Lipinski definition) is 3. The zero-order valence-electron chi connectivity index (χ0n) is 11.2. The van der Waals surface area contributed by atoms with E-state index in [9.17, 15) is 10.1 Å². The van der Waals surface area contributed by atoms with Gasteiger partial charge in [0.15, 0.2) is 0 Å². The van der Waals surface area contributed by atoms with Gasteiger partial charge in [-0.05, 0) is 36.6 Å². The molecular formula is C16H15NO3. The third-order valence-corrected chi connectivity index (χ3v) is 3.67. The zero-order chi connectivity index (χ0) is 14.1. The Balaban J connectivity index is 1.91. The van der Waals surface area contributed by atoms with Crippen molar-refractivity contribution in [2.75, 3.05) is 0 Å². The summed E-state index contributed by atoms with van der Waals surface area (Å²) in [5, 5.41) is 11.2. The second-order valence-electron chi connectivity index (χ2n) is 5.21. The molecule has 4 nitrogen and oxygen atoms in total. The largest absolute Gasteiger partial charge is 0.461 e. The van der Waals surface area contributed by atoms with Gasteiger partial charge in [0.1, 0.15) is 11.5 Å². The Labute approximate surface area is 116 Å². The summed E-state index contributed by atoms with van der Waals surface area (Å²) in [7, 11) is 0. The highest BCUT2D eigenvalue weighted by molar-refractivity contribution is 5.74. The molecule has 2 unspecified atom stereocenters. The van der Waals surface area contributed by atoms with Crippen molar-refractivity contribution in [1.82, 2.24) is 0 Å². The smallest absolute Gasteiger partial charge is 0.280 e. The molecule has 1 aromatic carbocycles. The van der Waals surface area contributed by atoms with Crippen molar-refractivity contribution < 1.29 is 9.34 Å². The van der Waals surface area contributed by atoms with Crippen LogP contribution in [0.25, 0.3) is 11.8 Å². The number of rotatable bonds is 4. The van der Waals surface area contributed by atoms with Crippen LogP contribution in [0.1, 0.15) is 36.3 Å². The molecule has 2 atom stereocenters. The molecular weight excluding hydrogens is 254 g/mol. The van der Waals surface area contributed by atoms with Gasteiger partial charge in [-0.25, -0.2) is 0 Å². The van der Waals surface area contributed by atoms with Crippen molar-refractivity contribution in [3.8, 4) is 0 Å². The number of benzene rings is 1.